The molecule has 0 aliphatic carbocycles. The molecule has 1 amide bonds. The molecule has 1 aromatic rings. The molecule has 0 spiro atoms. The molecule has 1 atom stereocenters. The summed E-state index contributed by atoms with van der Waals surface area (Å²) in [6.07, 6.45) is -4.15. The van der Waals surface area contributed by atoms with Gasteiger partial charge in [0.2, 0.25) is 5.91 Å². The van der Waals surface area contributed by atoms with Gasteiger partial charge in [-0.25, -0.2) is 8.78 Å². The monoisotopic (exact) mass is 310 g/mol. The molecule has 0 aliphatic rings. The first-order valence-corrected chi connectivity index (χ1v) is 6.24. The van der Waals surface area contributed by atoms with E-state index >= 15 is 0 Å². The van der Waals surface area contributed by atoms with Gasteiger partial charge in [0.25, 0.3) is 0 Å². The first kappa shape index (κ1) is 17.4. The minimum atomic E-state index is -4.42. The smallest absolute Gasteiger partial charge is 0.348 e. The molecular weight excluding hydrogens is 295 g/mol. The Labute approximate surface area is 118 Å². The molecule has 0 radical (unpaired) electrons. The summed E-state index contributed by atoms with van der Waals surface area (Å²) in [5.41, 5.74) is -0.0401. The van der Waals surface area contributed by atoms with Crippen LogP contribution in [-0.2, 0) is 4.79 Å². The van der Waals surface area contributed by atoms with Crippen molar-refractivity contribution in [3.63, 3.8) is 0 Å². The summed E-state index contributed by atoms with van der Waals surface area (Å²) in [6, 6.07) is 2.02. The average Bonchev–Trinajstić information content (AvgIpc) is 2.37. The van der Waals surface area contributed by atoms with Crippen molar-refractivity contribution in [1.29, 1.82) is 0 Å². The second-order valence-electron chi connectivity index (χ2n) is 4.41. The number of nitrogens with one attached hydrogen (secondary N) is 2. The summed E-state index contributed by atoms with van der Waals surface area (Å²) in [6.45, 7) is -0.225. The lowest BCUT2D eigenvalue weighted by atomic mass is 10.0. The highest BCUT2D eigenvalue weighted by molar-refractivity contribution is 5.78. The van der Waals surface area contributed by atoms with E-state index in [-0.39, 0.29) is 12.0 Å². The molecule has 8 heteroatoms. The van der Waals surface area contributed by atoms with Gasteiger partial charge in [-0.3, -0.25) is 4.79 Å². The first-order chi connectivity index (χ1) is 9.73. The Bertz CT molecular complexity index is 490. The minimum Gasteiger partial charge on any atom is -0.348 e. The molecule has 0 saturated heterocycles. The molecule has 1 rings (SSSR count). The van der Waals surface area contributed by atoms with E-state index in [9.17, 15) is 26.7 Å². The van der Waals surface area contributed by atoms with Gasteiger partial charge in [-0.2, -0.15) is 13.2 Å². The zero-order chi connectivity index (χ0) is 16.0. The maximum absolute atomic E-state index is 13.6. The Morgan fingerprint density at radius 2 is 1.95 bits per heavy atom. The fourth-order valence-corrected chi connectivity index (χ4v) is 1.74. The van der Waals surface area contributed by atoms with Crippen LogP contribution in [0.3, 0.4) is 0 Å². The zero-order valence-corrected chi connectivity index (χ0v) is 11.2. The lowest BCUT2D eigenvalue weighted by molar-refractivity contribution is -0.128. The number of benzene rings is 1. The van der Waals surface area contributed by atoms with Gasteiger partial charge in [-0.15, -0.1) is 0 Å². The fraction of sp³-hybridized carbons (Fsp3) is 0.462. The molecule has 1 aromatic carbocycles. The number of carbonyl (C=O) groups is 1. The largest absolute Gasteiger partial charge is 0.401 e. The van der Waals surface area contributed by atoms with Crippen LogP contribution in [0.5, 0.6) is 0 Å². The van der Waals surface area contributed by atoms with Crippen molar-refractivity contribution < 1.29 is 26.7 Å². The molecule has 0 bridgehead atoms. The van der Waals surface area contributed by atoms with Gasteiger partial charge in [0.1, 0.15) is 11.6 Å². The zero-order valence-electron chi connectivity index (χ0n) is 11.2. The van der Waals surface area contributed by atoms with E-state index in [1.54, 1.807) is 6.92 Å². The molecule has 0 aromatic heterocycles. The lowest BCUT2D eigenvalue weighted by Crippen LogP contribution is -2.39. The number of amides is 1. The summed E-state index contributed by atoms with van der Waals surface area (Å²) >= 11 is 0. The van der Waals surface area contributed by atoms with Crippen molar-refractivity contribution in [3.05, 3.63) is 35.4 Å². The SMILES string of the molecule is CCC(NC(=O)CNCC(F)(F)F)c1cc(F)ccc1F. The van der Waals surface area contributed by atoms with E-state index in [1.807, 2.05) is 5.32 Å². The highest BCUT2D eigenvalue weighted by Crippen LogP contribution is 2.21. The van der Waals surface area contributed by atoms with Crippen LogP contribution >= 0.6 is 0 Å². The number of alkyl halides is 3. The Kier molecular flexibility index (Phi) is 6.07. The van der Waals surface area contributed by atoms with E-state index in [0.29, 0.717) is 0 Å². The Morgan fingerprint density at radius 1 is 1.29 bits per heavy atom. The summed E-state index contributed by atoms with van der Waals surface area (Å²) in [5.74, 6) is -2.07. The molecule has 2 N–H and O–H groups in total. The van der Waals surface area contributed by atoms with Gasteiger partial charge in [-0.05, 0) is 24.6 Å². The van der Waals surface area contributed by atoms with Crippen molar-refractivity contribution in [3.8, 4) is 0 Å². The maximum atomic E-state index is 13.6. The summed E-state index contributed by atoms with van der Waals surface area (Å²) in [4.78, 5) is 11.5. The van der Waals surface area contributed by atoms with Crippen LogP contribution in [0.2, 0.25) is 0 Å². The van der Waals surface area contributed by atoms with E-state index in [4.69, 9.17) is 0 Å². The van der Waals surface area contributed by atoms with Gasteiger partial charge in [0, 0.05) is 5.56 Å². The highest BCUT2D eigenvalue weighted by atomic mass is 19.4. The topological polar surface area (TPSA) is 41.1 Å². The van der Waals surface area contributed by atoms with Crippen LogP contribution in [0, 0.1) is 11.6 Å². The summed E-state index contributed by atoms with van der Waals surface area (Å²) < 4.78 is 62.4. The molecule has 118 valence electrons. The van der Waals surface area contributed by atoms with Crippen molar-refractivity contribution >= 4 is 5.91 Å². The second-order valence-corrected chi connectivity index (χ2v) is 4.41. The summed E-state index contributed by atoms with van der Waals surface area (Å²) in [7, 11) is 0. The predicted molar refractivity (Wildman–Crippen MR) is 66.5 cm³/mol. The van der Waals surface area contributed by atoms with E-state index in [1.165, 1.54) is 0 Å². The quantitative estimate of drug-likeness (QED) is 0.793. The van der Waals surface area contributed by atoms with Crippen molar-refractivity contribution in [2.24, 2.45) is 0 Å². The van der Waals surface area contributed by atoms with Gasteiger partial charge in [0.15, 0.2) is 0 Å². The Balaban J connectivity index is 2.61. The molecule has 0 heterocycles. The fourth-order valence-electron chi connectivity index (χ4n) is 1.74. The minimum absolute atomic E-state index is 0.0401. The number of carbonyl (C=O) groups excluding carboxylic acids is 1. The van der Waals surface area contributed by atoms with Crippen LogP contribution < -0.4 is 10.6 Å². The third kappa shape index (κ3) is 6.07. The van der Waals surface area contributed by atoms with Crippen LogP contribution in [0.25, 0.3) is 0 Å². The van der Waals surface area contributed by atoms with E-state index in [0.717, 1.165) is 18.2 Å². The maximum Gasteiger partial charge on any atom is 0.401 e. The van der Waals surface area contributed by atoms with Gasteiger partial charge in [-0.1, -0.05) is 6.92 Å². The lowest BCUT2D eigenvalue weighted by Gasteiger charge is -2.18. The third-order valence-corrected chi connectivity index (χ3v) is 2.69. The predicted octanol–water partition coefficient (Wildman–Crippen LogP) is 2.68. The number of hydrogen-bond acceptors (Lipinski definition) is 2. The van der Waals surface area contributed by atoms with Crippen molar-refractivity contribution in [1.82, 2.24) is 10.6 Å². The molecule has 3 nitrogen and oxygen atoms in total. The highest BCUT2D eigenvalue weighted by Gasteiger charge is 2.26. The Morgan fingerprint density at radius 3 is 2.52 bits per heavy atom. The second kappa shape index (κ2) is 7.35. The van der Waals surface area contributed by atoms with Gasteiger partial charge >= 0.3 is 6.18 Å². The van der Waals surface area contributed by atoms with Crippen LogP contribution in [0.4, 0.5) is 22.0 Å². The Hall–Kier alpha value is -1.70. The number of hydrogen-bond donors (Lipinski definition) is 2. The standard InChI is InChI=1S/C13H15F5N2O/c1-2-11(9-5-8(14)3-4-10(9)15)20-12(21)6-19-7-13(16,17)18/h3-5,11,19H,2,6-7H2,1H3,(H,20,21). The van der Waals surface area contributed by atoms with Gasteiger partial charge < -0.3 is 10.6 Å². The normalized spacial score (nSPS) is 13.0. The molecule has 1 unspecified atom stereocenters. The molecule has 0 aliphatic heterocycles. The van der Waals surface area contributed by atoms with Gasteiger partial charge in [0.05, 0.1) is 19.1 Å². The number of halogens is 5. The molecule has 21 heavy (non-hydrogen) atoms. The van der Waals surface area contributed by atoms with Crippen molar-refractivity contribution in [2.75, 3.05) is 13.1 Å². The van der Waals surface area contributed by atoms with E-state index < -0.39 is 42.8 Å². The average molecular weight is 310 g/mol. The molecular formula is C13H15F5N2O. The van der Waals surface area contributed by atoms with Crippen LogP contribution in [0.15, 0.2) is 18.2 Å². The molecule has 0 fully saturated rings. The third-order valence-electron chi connectivity index (χ3n) is 2.69. The molecule has 0 saturated carbocycles. The number of rotatable bonds is 6. The van der Waals surface area contributed by atoms with Crippen LogP contribution in [-0.4, -0.2) is 25.2 Å². The van der Waals surface area contributed by atoms with Crippen LogP contribution in [0.1, 0.15) is 24.9 Å². The first-order valence-electron chi connectivity index (χ1n) is 6.24. The van der Waals surface area contributed by atoms with E-state index in [2.05, 4.69) is 5.32 Å². The summed E-state index contributed by atoms with van der Waals surface area (Å²) in [5, 5.41) is 4.29. The van der Waals surface area contributed by atoms with Crippen molar-refractivity contribution in [2.45, 2.75) is 25.6 Å².